The second-order valence-electron chi connectivity index (χ2n) is 7.27. The SMILES string of the molecule is COc1ccc(C=C2Sc3ccccc3N(CC(=O)NCc3ccc(F)cc3)C2=O)cc1Br. The van der Waals surface area contributed by atoms with Crippen LogP contribution in [0.5, 0.6) is 5.75 Å². The predicted octanol–water partition coefficient (Wildman–Crippen LogP) is 5.39. The summed E-state index contributed by atoms with van der Waals surface area (Å²) in [7, 11) is 1.59. The van der Waals surface area contributed by atoms with Crippen molar-refractivity contribution in [2.75, 3.05) is 18.6 Å². The molecule has 2 amide bonds. The first kappa shape index (κ1) is 23.1. The topological polar surface area (TPSA) is 58.6 Å². The molecule has 3 aromatic rings. The van der Waals surface area contributed by atoms with Crippen LogP contribution in [0.15, 0.2) is 81.0 Å². The molecule has 0 fully saturated rings. The fourth-order valence-corrected chi connectivity index (χ4v) is 4.96. The summed E-state index contributed by atoms with van der Waals surface area (Å²) in [4.78, 5) is 28.9. The highest BCUT2D eigenvalue weighted by molar-refractivity contribution is 9.10. The zero-order valence-corrected chi connectivity index (χ0v) is 20.1. The van der Waals surface area contributed by atoms with E-state index < -0.39 is 0 Å². The number of thioether (sulfide) groups is 1. The number of fused-ring (bicyclic) bond motifs is 1. The summed E-state index contributed by atoms with van der Waals surface area (Å²) in [5.41, 5.74) is 2.30. The van der Waals surface area contributed by atoms with Crippen LogP contribution in [0.2, 0.25) is 0 Å². The molecule has 1 aliphatic rings. The molecule has 1 heterocycles. The van der Waals surface area contributed by atoms with Crippen molar-refractivity contribution in [2.45, 2.75) is 11.4 Å². The van der Waals surface area contributed by atoms with Gasteiger partial charge in [-0.05, 0) is 69.5 Å². The Morgan fingerprint density at radius 1 is 1.15 bits per heavy atom. The van der Waals surface area contributed by atoms with Crippen molar-refractivity contribution < 1.29 is 18.7 Å². The molecule has 0 atom stereocenters. The summed E-state index contributed by atoms with van der Waals surface area (Å²) < 4.78 is 19.1. The number of rotatable bonds is 6. The summed E-state index contributed by atoms with van der Waals surface area (Å²) in [5, 5.41) is 2.80. The molecular formula is C25H20BrFN2O3S. The Labute approximate surface area is 203 Å². The second kappa shape index (κ2) is 10.2. The second-order valence-corrected chi connectivity index (χ2v) is 9.20. The maximum atomic E-state index is 13.3. The highest BCUT2D eigenvalue weighted by Gasteiger charge is 2.30. The van der Waals surface area contributed by atoms with Crippen LogP contribution in [0.25, 0.3) is 6.08 Å². The maximum Gasteiger partial charge on any atom is 0.265 e. The van der Waals surface area contributed by atoms with Gasteiger partial charge in [-0.3, -0.25) is 14.5 Å². The molecule has 0 saturated carbocycles. The van der Waals surface area contributed by atoms with E-state index in [9.17, 15) is 14.0 Å². The highest BCUT2D eigenvalue weighted by atomic mass is 79.9. The lowest BCUT2D eigenvalue weighted by molar-refractivity contribution is -0.122. The van der Waals surface area contributed by atoms with Gasteiger partial charge in [-0.25, -0.2) is 4.39 Å². The van der Waals surface area contributed by atoms with E-state index in [1.165, 1.54) is 28.8 Å². The van der Waals surface area contributed by atoms with Gasteiger partial charge in [0.05, 0.1) is 22.2 Å². The van der Waals surface area contributed by atoms with Gasteiger partial charge in [0.15, 0.2) is 0 Å². The third-order valence-electron chi connectivity index (χ3n) is 5.01. The quantitative estimate of drug-likeness (QED) is 0.437. The van der Waals surface area contributed by atoms with Crippen LogP contribution in [0.1, 0.15) is 11.1 Å². The third-order valence-corrected chi connectivity index (χ3v) is 6.71. The Kier molecular flexibility index (Phi) is 7.15. The summed E-state index contributed by atoms with van der Waals surface area (Å²) >= 11 is 4.84. The minimum Gasteiger partial charge on any atom is -0.496 e. The van der Waals surface area contributed by atoms with E-state index in [1.54, 1.807) is 25.3 Å². The van der Waals surface area contributed by atoms with Crippen molar-refractivity contribution in [3.05, 3.63) is 93.1 Å². The van der Waals surface area contributed by atoms with Crippen molar-refractivity contribution in [1.82, 2.24) is 5.32 Å². The van der Waals surface area contributed by atoms with Crippen LogP contribution in [-0.4, -0.2) is 25.5 Å². The molecule has 5 nitrogen and oxygen atoms in total. The van der Waals surface area contributed by atoms with Crippen molar-refractivity contribution >= 4 is 51.3 Å². The summed E-state index contributed by atoms with van der Waals surface area (Å²) in [6.45, 7) is 0.126. The Morgan fingerprint density at radius 2 is 1.91 bits per heavy atom. The minimum atomic E-state index is -0.332. The largest absolute Gasteiger partial charge is 0.496 e. The van der Waals surface area contributed by atoms with Gasteiger partial charge in [0.25, 0.3) is 5.91 Å². The van der Waals surface area contributed by atoms with Gasteiger partial charge in [0, 0.05) is 11.4 Å². The van der Waals surface area contributed by atoms with Gasteiger partial charge >= 0.3 is 0 Å². The Balaban J connectivity index is 1.55. The van der Waals surface area contributed by atoms with Crippen LogP contribution >= 0.6 is 27.7 Å². The molecule has 33 heavy (non-hydrogen) atoms. The smallest absolute Gasteiger partial charge is 0.265 e. The zero-order valence-electron chi connectivity index (χ0n) is 17.7. The fourth-order valence-electron chi connectivity index (χ4n) is 3.35. The molecule has 0 aromatic heterocycles. The highest BCUT2D eigenvalue weighted by Crippen LogP contribution is 2.42. The van der Waals surface area contributed by atoms with E-state index in [2.05, 4.69) is 21.2 Å². The number of benzene rings is 3. The number of hydrogen-bond donors (Lipinski definition) is 1. The lowest BCUT2D eigenvalue weighted by Crippen LogP contribution is -2.42. The number of nitrogens with zero attached hydrogens (tertiary/aromatic N) is 1. The van der Waals surface area contributed by atoms with Crippen molar-refractivity contribution in [3.63, 3.8) is 0 Å². The fraction of sp³-hybridized carbons (Fsp3) is 0.120. The molecule has 0 saturated heterocycles. The molecule has 0 unspecified atom stereocenters. The van der Waals surface area contributed by atoms with Crippen molar-refractivity contribution in [1.29, 1.82) is 0 Å². The number of ether oxygens (including phenoxy) is 1. The van der Waals surface area contributed by atoms with E-state index in [4.69, 9.17) is 4.74 Å². The molecule has 0 aliphatic carbocycles. The Hall–Kier alpha value is -3.10. The van der Waals surface area contributed by atoms with Crippen LogP contribution in [0, 0.1) is 5.82 Å². The summed E-state index contributed by atoms with van der Waals surface area (Å²) in [6.07, 6.45) is 1.80. The predicted molar refractivity (Wildman–Crippen MR) is 132 cm³/mol. The third kappa shape index (κ3) is 5.46. The van der Waals surface area contributed by atoms with Gasteiger partial charge in [-0.1, -0.05) is 42.1 Å². The molecule has 1 N–H and O–H groups in total. The van der Waals surface area contributed by atoms with Crippen LogP contribution in [-0.2, 0) is 16.1 Å². The molecule has 0 radical (unpaired) electrons. The number of amides is 2. The average Bonchev–Trinajstić information content (AvgIpc) is 2.81. The Morgan fingerprint density at radius 3 is 2.64 bits per heavy atom. The molecule has 1 aliphatic heterocycles. The number of halogens is 2. The molecule has 8 heteroatoms. The van der Waals surface area contributed by atoms with E-state index in [0.29, 0.717) is 16.3 Å². The number of nitrogens with one attached hydrogen (secondary N) is 1. The molecule has 3 aromatic carbocycles. The van der Waals surface area contributed by atoms with Gasteiger partial charge < -0.3 is 10.1 Å². The van der Waals surface area contributed by atoms with E-state index in [0.717, 1.165) is 20.5 Å². The summed E-state index contributed by atoms with van der Waals surface area (Å²) in [5.74, 6) is -0.186. The number of anilines is 1. The standard InChI is InChI=1S/C25H20BrFN2O3S/c1-32-21-11-8-17(12-19(21)26)13-23-25(31)29(20-4-2-3-5-22(20)33-23)15-24(30)28-14-16-6-9-18(27)10-7-16/h2-13H,14-15H2,1H3,(H,28,30). The first-order valence-corrected chi connectivity index (χ1v) is 11.7. The molecule has 4 rings (SSSR count). The number of para-hydroxylation sites is 1. The summed E-state index contributed by atoms with van der Waals surface area (Å²) in [6, 6.07) is 19.0. The van der Waals surface area contributed by atoms with E-state index >= 15 is 0 Å². The van der Waals surface area contributed by atoms with Crippen molar-refractivity contribution in [3.8, 4) is 5.75 Å². The number of carbonyl (C=O) groups is 2. The van der Waals surface area contributed by atoms with Crippen LogP contribution in [0.4, 0.5) is 10.1 Å². The molecule has 0 spiro atoms. The number of methoxy groups -OCH3 is 1. The number of carbonyl (C=O) groups excluding carboxylic acids is 2. The average molecular weight is 527 g/mol. The van der Waals surface area contributed by atoms with Gasteiger partial charge in [-0.2, -0.15) is 0 Å². The molecule has 168 valence electrons. The van der Waals surface area contributed by atoms with Gasteiger partial charge in [-0.15, -0.1) is 0 Å². The molecule has 0 bridgehead atoms. The Bertz CT molecular complexity index is 1230. The first-order chi connectivity index (χ1) is 15.9. The minimum absolute atomic E-state index is 0.124. The number of hydrogen-bond acceptors (Lipinski definition) is 4. The monoisotopic (exact) mass is 526 g/mol. The van der Waals surface area contributed by atoms with E-state index in [1.807, 2.05) is 42.5 Å². The zero-order chi connectivity index (χ0) is 23.4. The van der Waals surface area contributed by atoms with Gasteiger partial charge in [0.1, 0.15) is 18.1 Å². The van der Waals surface area contributed by atoms with Crippen molar-refractivity contribution in [2.24, 2.45) is 0 Å². The first-order valence-electron chi connectivity index (χ1n) is 10.1. The lowest BCUT2D eigenvalue weighted by Gasteiger charge is -2.29. The van der Waals surface area contributed by atoms with Gasteiger partial charge in [0.2, 0.25) is 5.91 Å². The van der Waals surface area contributed by atoms with Crippen LogP contribution < -0.4 is 15.0 Å². The van der Waals surface area contributed by atoms with E-state index in [-0.39, 0.29) is 30.7 Å². The lowest BCUT2D eigenvalue weighted by atomic mass is 10.2. The molecular weight excluding hydrogens is 507 g/mol. The normalized spacial score (nSPS) is 14.2. The van der Waals surface area contributed by atoms with Crippen LogP contribution in [0.3, 0.4) is 0 Å². The maximum absolute atomic E-state index is 13.3.